The van der Waals surface area contributed by atoms with Crippen LogP contribution in [0.25, 0.3) is 21.8 Å². The maximum Gasteiger partial charge on any atom is 0.407 e. The zero-order valence-corrected chi connectivity index (χ0v) is 26.2. The molecule has 0 atom stereocenters. The Kier molecular flexibility index (Phi) is 12.9. The molecule has 0 spiro atoms. The fourth-order valence-electron chi connectivity index (χ4n) is 3.43. The van der Waals surface area contributed by atoms with Crippen LogP contribution < -0.4 is 11.1 Å². The van der Waals surface area contributed by atoms with Crippen LogP contribution in [-0.4, -0.2) is 51.6 Å². The Balaban J connectivity index is 0.000000215. The van der Waals surface area contributed by atoms with E-state index in [1.807, 2.05) is 63.2 Å². The second kappa shape index (κ2) is 15.6. The summed E-state index contributed by atoms with van der Waals surface area (Å²) >= 11 is 6.74. The number of nitrogens with two attached hydrogens (primary N) is 1. The summed E-state index contributed by atoms with van der Waals surface area (Å²) in [6.07, 6.45) is 2.22. The van der Waals surface area contributed by atoms with Gasteiger partial charge in [0.2, 0.25) is 0 Å². The van der Waals surface area contributed by atoms with Crippen LogP contribution in [0, 0.1) is 0 Å². The summed E-state index contributed by atoms with van der Waals surface area (Å²) in [6, 6.07) is 15.1. The van der Waals surface area contributed by atoms with E-state index in [0.29, 0.717) is 19.5 Å². The lowest BCUT2D eigenvalue weighted by atomic mass is 10.1. The Bertz CT molecular complexity index is 1440. The maximum absolute atomic E-state index is 11.8. The number of aromatic nitrogens is 2. The standard InChI is InChI=1S/C13H14BrNO.C9H6BrNO2.C7H16N2O2/c1-2-3-4-13(16)12-8-9-7-10(14)5-6-11(9)15-12;10-6-1-2-7-5(3-6)4-8(11-7)9(12)13;1-7(2,3)11-6(10)9-5-4-8/h5-8,15H,2-4H2,1H3;1-4,11H,(H,12,13);4-5,8H2,1-3H3,(H,9,10). The molecule has 40 heavy (non-hydrogen) atoms. The zero-order chi connectivity index (χ0) is 29.9. The van der Waals surface area contributed by atoms with Crippen molar-refractivity contribution in [3.8, 4) is 0 Å². The zero-order valence-electron chi connectivity index (χ0n) is 23.1. The van der Waals surface area contributed by atoms with Gasteiger partial charge in [-0.25, -0.2) is 9.59 Å². The molecule has 2 aromatic carbocycles. The van der Waals surface area contributed by atoms with E-state index in [1.54, 1.807) is 6.07 Å². The summed E-state index contributed by atoms with van der Waals surface area (Å²) in [7, 11) is 0. The summed E-state index contributed by atoms with van der Waals surface area (Å²) in [5, 5.41) is 13.2. The lowest BCUT2D eigenvalue weighted by Gasteiger charge is -2.19. The van der Waals surface area contributed by atoms with E-state index in [9.17, 15) is 14.4 Å². The van der Waals surface area contributed by atoms with E-state index < -0.39 is 17.7 Å². The van der Waals surface area contributed by atoms with Crippen molar-refractivity contribution in [2.75, 3.05) is 13.1 Å². The number of carbonyl (C=O) groups excluding carboxylic acids is 2. The largest absolute Gasteiger partial charge is 0.477 e. The number of carboxylic acids is 1. The normalized spacial score (nSPS) is 10.8. The van der Waals surface area contributed by atoms with E-state index in [0.717, 1.165) is 49.3 Å². The highest BCUT2D eigenvalue weighted by atomic mass is 79.9. The van der Waals surface area contributed by atoms with Gasteiger partial charge in [-0.2, -0.15) is 0 Å². The Morgan fingerprint density at radius 3 is 1.93 bits per heavy atom. The number of rotatable bonds is 7. The van der Waals surface area contributed by atoms with Crippen LogP contribution in [0.1, 0.15) is 67.9 Å². The quantitative estimate of drug-likeness (QED) is 0.128. The number of aromatic carboxylic acids is 1. The van der Waals surface area contributed by atoms with E-state index in [4.69, 9.17) is 15.6 Å². The highest BCUT2D eigenvalue weighted by Gasteiger charge is 2.15. The average molecular weight is 680 g/mol. The van der Waals surface area contributed by atoms with E-state index in [1.165, 1.54) is 0 Å². The Labute approximate surface area is 250 Å². The molecule has 11 heteroatoms. The number of ether oxygens (including phenoxy) is 1. The van der Waals surface area contributed by atoms with Crippen molar-refractivity contribution >= 4 is 71.5 Å². The number of hydrogen-bond acceptors (Lipinski definition) is 5. The van der Waals surface area contributed by atoms with Crippen LogP contribution in [0.5, 0.6) is 0 Å². The van der Waals surface area contributed by atoms with Crippen LogP contribution in [0.2, 0.25) is 0 Å². The number of alkyl carbamates (subject to hydrolysis) is 1. The van der Waals surface area contributed by atoms with Gasteiger partial charge in [0.05, 0.1) is 5.69 Å². The number of halogens is 2. The van der Waals surface area contributed by atoms with Gasteiger partial charge in [0, 0.05) is 50.3 Å². The van der Waals surface area contributed by atoms with E-state index in [-0.39, 0.29) is 11.5 Å². The van der Waals surface area contributed by atoms with Crippen LogP contribution in [-0.2, 0) is 4.74 Å². The summed E-state index contributed by atoms with van der Waals surface area (Å²) < 4.78 is 6.91. The third kappa shape index (κ3) is 11.1. The molecule has 0 fully saturated rings. The van der Waals surface area contributed by atoms with Gasteiger partial charge in [-0.05, 0) is 75.7 Å². The summed E-state index contributed by atoms with van der Waals surface area (Å²) in [4.78, 5) is 39.2. The van der Waals surface area contributed by atoms with Crippen LogP contribution >= 0.6 is 31.9 Å². The molecule has 0 unspecified atom stereocenters. The Hall–Kier alpha value is -3.15. The van der Waals surface area contributed by atoms with Crippen LogP contribution in [0.4, 0.5) is 4.79 Å². The lowest BCUT2D eigenvalue weighted by molar-refractivity contribution is 0.0528. The van der Waals surface area contributed by atoms with E-state index >= 15 is 0 Å². The van der Waals surface area contributed by atoms with Crippen molar-refractivity contribution in [3.05, 3.63) is 68.9 Å². The molecule has 2 aromatic heterocycles. The number of Topliss-reactive ketones (excluding diaryl/α,β-unsaturated/α-hetero) is 1. The molecular formula is C29H36Br2N4O5. The van der Waals surface area contributed by atoms with Gasteiger partial charge in [-0.1, -0.05) is 45.2 Å². The molecule has 216 valence electrons. The number of benzene rings is 2. The Morgan fingerprint density at radius 1 is 0.925 bits per heavy atom. The molecule has 2 heterocycles. The summed E-state index contributed by atoms with van der Waals surface area (Å²) in [6.45, 7) is 8.42. The molecule has 0 bridgehead atoms. The summed E-state index contributed by atoms with van der Waals surface area (Å²) in [5.74, 6) is -0.735. The first-order valence-electron chi connectivity index (χ1n) is 12.8. The second-order valence-electron chi connectivity index (χ2n) is 9.88. The first kappa shape index (κ1) is 33.1. The topological polar surface area (TPSA) is 150 Å². The number of carboxylic acid groups (broad SMARTS) is 1. The van der Waals surface area contributed by atoms with Crippen molar-refractivity contribution in [2.45, 2.75) is 52.6 Å². The number of unbranched alkanes of at least 4 members (excludes halogenated alkanes) is 1. The molecule has 0 aliphatic rings. The number of H-pyrrole nitrogens is 2. The minimum Gasteiger partial charge on any atom is -0.477 e. The number of nitrogens with one attached hydrogen (secondary N) is 3. The summed E-state index contributed by atoms with van der Waals surface area (Å²) in [5.41, 5.74) is 7.53. The predicted molar refractivity (Wildman–Crippen MR) is 166 cm³/mol. The molecule has 0 aliphatic heterocycles. The monoisotopic (exact) mass is 678 g/mol. The van der Waals surface area contributed by atoms with Gasteiger partial charge in [-0.15, -0.1) is 0 Å². The Morgan fingerprint density at radius 2 is 1.45 bits per heavy atom. The molecular weight excluding hydrogens is 644 g/mol. The fourth-order valence-corrected chi connectivity index (χ4v) is 4.19. The number of amides is 1. The van der Waals surface area contributed by atoms with Crippen LogP contribution in [0.15, 0.2) is 57.5 Å². The minimum atomic E-state index is -0.938. The number of hydrogen-bond donors (Lipinski definition) is 5. The number of ketones is 1. The number of fused-ring (bicyclic) bond motifs is 2. The highest BCUT2D eigenvalue weighted by Crippen LogP contribution is 2.22. The van der Waals surface area contributed by atoms with Gasteiger partial charge in [-0.3, -0.25) is 4.79 Å². The molecule has 0 radical (unpaired) electrons. The third-order valence-electron chi connectivity index (χ3n) is 5.27. The first-order valence-corrected chi connectivity index (χ1v) is 14.4. The lowest BCUT2D eigenvalue weighted by Crippen LogP contribution is -2.35. The maximum atomic E-state index is 11.8. The third-order valence-corrected chi connectivity index (χ3v) is 6.25. The molecule has 6 N–H and O–H groups in total. The van der Waals surface area contributed by atoms with Crippen molar-refractivity contribution in [1.82, 2.24) is 15.3 Å². The first-order chi connectivity index (χ1) is 18.8. The van der Waals surface area contributed by atoms with Crippen molar-refractivity contribution in [1.29, 1.82) is 0 Å². The molecule has 0 aliphatic carbocycles. The van der Waals surface area contributed by atoms with Crippen molar-refractivity contribution in [3.63, 3.8) is 0 Å². The minimum absolute atomic E-state index is 0.203. The van der Waals surface area contributed by atoms with Gasteiger partial charge in [0.1, 0.15) is 11.3 Å². The number of aromatic amines is 2. The SMILES string of the molecule is CC(C)(C)OC(=O)NCCN.CCCCC(=O)c1cc2cc(Br)ccc2[nH]1.O=C(O)c1cc2cc(Br)ccc2[nH]1. The van der Waals surface area contributed by atoms with Crippen LogP contribution in [0.3, 0.4) is 0 Å². The van der Waals surface area contributed by atoms with Gasteiger partial charge < -0.3 is 30.9 Å². The molecule has 0 saturated carbocycles. The molecule has 4 rings (SSSR count). The molecule has 4 aromatic rings. The molecule has 1 amide bonds. The van der Waals surface area contributed by atoms with E-state index in [2.05, 4.69) is 54.1 Å². The fraction of sp³-hybridized carbons (Fsp3) is 0.345. The highest BCUT2D eigenvalue weighted by molar-refractivity contribution is 9.10. The smallest absolute Gasteiger partial charge is 0.407 e. The van der Waals surface area contributed by atoms with Crippen molar-refractivity contribution < 1.29 is 24.2 Å². The average Bonchev–Trinajstić information content (AvgIpc) is 3.49. The molecule has 0 saturated heterocycles. The van der Waals surface area contributed by atoms with Crippen molar-refractivity contribution in [2.24, 2.45) is 5.73 Å². The van der Waals surface area contributed by atoms with Gasteiger partial charge >= 0.3 is 12.1 Å². The number of carbonyl (C=O) groups is 3. The predicted octanol–water partition coefficient (Wildman–Crippen LogP) is 7.40. The second-order valence-corrected chi connectivity index (χ2v) is 11.7. The molecule has 9 nitrogen and oxygen atoms in total. The van der Waals surface area contributed by atoms with Gasteiger partial charge in [0.15, 0.2) is 5.78 Å². The van der Waals surface area contributed by atoms with Gasteiger partial charge in [0.25, 0.3) is 0 Å².